The quantitative estimate of drug-likeness (QED) is 0.402. The molecule has 0 saturated heterocycles. The molecular formula is C18H16N4O3S2. The van der Waals surface area contributed by atoms with Crippen molar-refractivity contribution in [2.75, 3.05) is 0 Å². The number of aryl methyl sites for hydroxylation is 3. The normalized spacial score (nSPS) is 13.5. The lowest BCUT2D eigenvalue weighted by molar-refractivity contribution is -0.387. The number of amides is 1. The van der Waals surface area contributed by atoms with Crippen LogP contribution in [0.4, 0.5) is 5.69 Å². The Morgan fingerprint density at radius 2 is 2.07 bits per heavy atom. The van der Waals surface area contributed by atoms with Gasteiger partial charge in [-0.3, -0.25) is 14.9 Å². The molecule has 9 heteroatoms. The molecule has 0 bridgehead atoms. The summed E-state index contributed by atoms with van der Waals surface area (Å²) < 4.78 is 0. The molecule has 0 atom stereocenters. The summed E-state index contributed by atoms with van der Waals surface area (Å²) in [5, 5.41) is 13.3. The molecule has 138 valence electrons. The average Bonchev–Trinajstić information content (AvgIpc) is 2.99. The molecule has 3 aromatic rings. The summed E-state index contributed by atoms with van der Waals surface area (Å²) in [7, 11) is 0. The van der Waals surface area contributed by atoms with Gasteiger partial charge in [-0.25, -0.2) is 9.97 Å². The Hall–Kier alpha value is -2.52. The van der Waals surface area contributed by atoms with Crippen LogP contribution in [-0.2, 0) is 12.8 Å². The van der Waals surface area contributed by atoms with Gasteiger partial charge in [0, 0.05) is 21.9 Å². The van der Waals surface area contributed by atoms with Crippen LogP contribution in [0, 0.1) is 17.0 Å². The predicted octanol–water partition coefficient (Wildman–Crippen LogP) is 4.04. The zero-order valence-electron chi connectivity index (χ0n) is 14.5. The third-order valence-corrected chi connectivity index (χ3v) is 6.78. The average molecular weight is 400 g/mol. The number of primary amides is 1. The molecule has 4 rings (SSSR count). The molecule has 1 amide bonds. The largest absolute Gasteiger partial charge is 0.366 e. The lowest BCUT2D eigenvalue weighted by Crippen LogP contribution is -2.11. The van der Waals surface area contributed by atoms with Gasteiger partial charge in [0.15, 0.2) is 0 Å². The Kier molecular flexibility index (Phi) is 4.56. The standard InChI is InChI=1S/C18H16N4O3S2/c1-9-20-17-15(11-4-2-3-5-13(11)26-17)18(21-9)27-14-7-6-10(16(19)23)8-12(14)22(24)25/h6-8H,2-5H2,1H3,(H2,19,23). The van der Waals surface area contributed by atoms with E-state index in [1.165, 1.54) is 40.8 Å². The molecule has 0 radical (unpaired) electrons. The second kappa shape index (κ2) is 6.90. The number of carbonyl (C=O) groups is 1. The van der Waals surface area contributed by atoms with Gasteiger partial charge < -0.3 is 5.73 Å². The highest BCUT2D eigenvalue weighted by Gasteiger charge is 2.24. The molecule has 0 aliphatic heterocycles. The van der Waals surface area contributed by atoms with Gasteiger partial charge >= 0.3 is 0 Å². The number of hydrogen-bond acceptors (Lipinski definition) is 7. The monoisotopic (exact) mass is 400 g/mol. The van der Waals surface area contributed by atoms with E-state index in [-0.39, 0.29) is 11.3 Å². The van der Waals surface area contributed by atoms with Crippen LogP contribution >= 0.6 is 23.1 Å². The zero-order chi connectivity index (χ0) is 19.1. The van der Waals surface area contributed by atoms with E-state index in [1.807, 2.05) is 6.92 Å². The minimum absolute atomic E-state index is 0.114. The van der Waals surface area contributed by atoms with Crippen LogP contribution in [0.1, 0.15) is 39.5 Å². The summed E-state index contributed by atoms with van der Waals surface area (Å²) in [4.78, 5) is 34.2. The molecular weight excluding hydrogens is 384 g/mol. The first-order valence-corrected chi connectivity index (χ1v) is 10.1. The molecule has 0 spiro atoms. The summed E-state index contributed by atoms with van der Waals surface area (Å²) in [5.74, 6) is -0.0539. The van der Waals surface area contributed by atoms with Gasteiger partial charge in [-0.1, -0.05) is 11.8 Å². The first kappa shape index (κ1) is 17.9. The molecule has 2 heterocycles. The Balaban J connectivity index is 1.85. The highest BCUT2D eigenvalue weighted by Crippen LogP contribution is 2.43. The highest BCUT2D eigenvalue weighted by atomic mass is 32.2. The van der Waals surface area contributed by atoms with E-state index in [2.05, 4.69) is 9.97 Å². The lowest BCUT2D eigenvalue weighted by Gasteiger charge is -2.12. The second-order valence-electron chi connectivity index (χ2n) is 6.37. The maximum absolute atomic E-state index is 11.5. The van der Waals surface area contributed by atoms with E-state index >= 15 is 0 Å². The van der Waals surface area contributed by atoms with Crippen LogP contribution in [0.3, 0.4) is 0 Å². The van der Waals surface area contributed by atoms with Crippen LogP contribution in [0.2, 0.25) is 0 Å². The third kappa shape index (κ3) is 3.28. The van der Waals surface area contributed by atoms with E-state index in [9.17, 15) is 14.9 Å². The number of hydrogen-bond donors (Lipinski definition) is 1. The number of rotatable bonds is 4. The van der Waals surface area contributed by atoms with E-state index < -0.39 is 10.8 Å². The second-order valence-corrected chi connectivity index (χ2v) is 8.49. The fourth-order valence-electron chi connectivity index (χ4n) is 3.30. The Bertz CT molecular complexity index is 1090. The maximum atomic E-state index is 11.5. The fourth-order valence-corrected chi connectivity index (χ4v) is 5.76. The van der Waals surface area contributed by atoms with Gasteiger partial charge in [0.1, 0.15) is 15.7 Å². The van der Waals surface area contributed by atoms with Crippen molar-refractivity contribution in [1.29, 1.82) is 0 Å². The number of thiophene rings is 1. The van der Waals surface area contributed by atoms with Crippen molar-refractivity contribution in [2.24, 2.45) is 5.73 Å². The number of aromatic nitrogens is 2. The number of fused-ring (bicyclic) bond motifs is 3. The van der Waals surface area contributed by atoms with Crippen molar-refractivity contribution >= 4 is 44.9 Å². The number of nitro benzene ring substituents is 1. The summed E-state index contributed by atoms with van der Waals surface area (Å²) in [6, 6.07) is 4.29. The molecule has 0 unspecified atom stereocenters. The van der Waals surface area contributed by atoms with E-state index in [4.69, 9.17) is 5.73 Å². The van der Waals surface area contributed by atoms with E-state index in [0.717, 1.165) is 34.5 Å². The van der Waals surface area contributed by atoms with Crippen molar-refractivity contribution < 1.29 is 9.72 Å². The molecule has 7 nitrogen and oxygen atoms in total. The minimum atomic E-state index is -0.693. The van der Waals surface area contributed by atoms with Gasteiger partial charge in [0.05, 0.1) is 9.82 Å². The Labute approximate surface area is 163 Å². The van der Waals surface area contributed by atoms with Crippen molar-refractivity contribution in [3.8, 4) is 0 Å². The molecule has 1 aromatic carbocycles. The summed E-state index contributed by atoms with van der Waals surface area (Å²) >= 11 is 2.94. The van der Waals surface area contributed by atoms with E-state index in [1.54, 1.807) is 17.4 Å². The SMILES string of the molecule is Cc1nc(Sc2ccc(C(N)=O)cc2[N+](=O)[O-])c2c3c(sc2n1)CCCC3. The number of carbonyl (C=O) groups excluding carboxylic acids is 1. The molecule has 2 aromatic heterocycles. The summed E-state index contributed by atoms with van der Waals surface area (Å²) in [6.07, 6.45) is 4.34. The lowest BCUT2D eigenvalue weighted by atomic mass is 9.97. The van der Waals surface area contributed by atoms with Crippen LogP contribution in [0.25, 0.3) is 10.2 Å². The van der Waals surface area contributed by atoms with Crippen LogP contribution in [-0.4, -0.2) is 20.8 Å². The number of nitrogens with zero attached hydrogens (tertiary/aromatic N) is 3. The van der Waals surface area contributed by atoms with Crippen molar-refractivity contribution in [3.05, 3.63) is 50.1 Å². The van der Waals surface area contributed by atoms with Crippen molar-refractivity contribution in [3.63, 3.8) is 0 Å². The first-order valence-electron chi connectivity index (χ1n) is 8.49. The minimum Gasteiger partial charge on any atom is -0.366 e. The Morgan fingerprint density at radius 3 is 2.81 bits per heavy atom. The van der Waals surface area contributed by atoms with Gasteiger partial charge in [-0.2, -0.15) is 0 Å². The molecule has 27 heavy (non-hydrogen) atoms. The molecule has 2 N–H and O–H groups in total. The maximum Gasteiger partial charge on any atom is 0.284 e. The molecule has 0 saturated carbocycles. The van der Waals surface area contributed by atoms with Gasteiger partial charge in [-0.05, 0) is 50.3 Å². The number of benzene rings is 1. The predicted molar refractivity (Wildman–Crippen MR) is 105 cm³/mol. The smallest absolute Gasteiger partial charge is 0.284 e. The van der Waals surface area contributed by atoms with Gasteiger partial charge in [-0.15, -0.1) is 11.3 Å². The van der Waals surface area contributed by atoms with E-state index in [0.29, 0.717) is 10.7 Å². The molecule has 1 aliphatic carbocycles. The highest BCUT2D eigenvalue weighted by molar-refractivity contribution is 7.99. The summed E-state index contributed by atoms with van der Waals surface area (Å²) in [6.45, 7) is 1.83. The van der Waals surface area contributed by atoms with Gasteiger partial charge in [0.25, 0.3) is 5.69 Å². The van der Waals surface area contributed by atoms with Crippen LogP contribution < -0.4 is 5.73 Å². The zero-order valence-corrected chi connectivity index (χ0v) is 16.2. The van der Waals surface area contributed by atoms with Crippen LogP contribution in [0.5, 0.6) is 0 Å². The first-order chi connectivity index (χ1) is 12.9. The van der Waals surface area contributed by atoms with Gasteiger partial charge in [0.2, 0.25) is 5.91 Å². The number of nitro groups is 1. The van der Waals surface area contributed by atoms with Crippen molar-refractivity contribution in [1.82, 2.24) is 9.97 Å². The molecule has 1 aliphatic rings. The van der Waals surface area contributed by atoms with Crippen LogP contribution in [0.15, 0.2) is 28.1 Å². The van der Waals surface area contributed by atoms with Crippen molar-refractivity contribution in [2.45, 2.75) is 42.5 Å². The Morgan fingerprint density at radius 1 is 1.30 bits per heavy atom. The number of nitrogens with two attached hydrogens (primary N) is 1. The fraction of sp³-hybridized carbons (Fsp3) is 0.278. The summed E-state index contributed by atoms with van der Waals surface area (Å²) in [5.41, 5.74) is 6.50. The topological polar surface area (TPSA) is 112 Å². The third-order valence-electron chi connectivity index (χ3n) is 4.54. The molecule has 0 fully saturated rings.